The predicted octanol–water partition coefficient (Wildman–Crippen LogP) is 3.76. The minimum atomic E-state index is -2.27. The quantitative estimate of drug-likeness (QED) is 0.674. The number of hydrogen-bond donors (Lipinski definition) is 0. The maximum atomic E-state index is 13.1. The van der Waals surface area contributed by atoms with Crippen LogP contribution in [-0.2, 0) is 4.57 Å². The Balaban J connectivity index is 2.09. The fourth-order valence-electron chi connectivity index (χ4n) is 3.31. The van der Waals surface area contributed by atoms with Crippen molar-refractivity contribution in [1.82, 2.24) is 0 Å². The van der Waals surface area contributed by atoms with E-state index in [2.05, 4.69) is 13.0 Å². The van der Waals surface area contributed by atoms with Crippen molar-refractivity contribution in [2.45, 2.75) is 31.8 Å². The van der Waals surface area contributed by atoms with E-state index in [1.165, 1.54) is 12.8 Å². The fourth-order valence-corrected chi connectivity index (χ4v) is 6.91. The molecule has 3 rings (SSSR count). The maximum absolute atomic E-state index is 13.1. The van der Waals surface area contributed by atoms with Crippen molar-refractivity contribution in [1.29, 1.82) is 0 Å². The van der Waals surface area contributed by atoms with Gasteiger partial charge < -0.3 is 4.57 Å². The molecule has 0 aromatic heterocycles. The second kappa shape index (κ2) is 3.34. The molecule has 1 fully saturated rings. The Hall–Kier alpha value is -0.810. The second-order valence-corrected chi connectivity index (χ2v) is 8.13. The highest BCUT2D eigenvalue weighted by molar-refractivity contribution is 7.75. The Morgan fingerprint density at radius 3 is 2.81 bits per heavy atom. The largest absolute Gasteiger partial charge is 0.314 e. The lowest BCUT2D eigenvalue weighted by atomic mass is 9.89. The first-order valence-electron chi connectivity index (χ1n) is 6.01. The van der Waals surface area contributed by atoms with Crippen LogP contribution < -0.4 is 5.30 Å². The molecule has 0 saturated heterocycles. The number of fused-ring (bicyclic) bond motifs is 1. The fraction of sp³-hybridized carbons (Fsp3) is 0.429. The van der Waals surface area contributed by atoms with Crippen LogP contribution >= 0.6 is 7.14 Å². The van der Waals surface area contributed by atoms with Crippen molar-refractivity contribution in [2.75, 3.05) is 0 Å². The summed E-state index contributed by atoms with van der Waals surface area (Å²) in [5.74, 6) is 2.02. The molecule has 1 aromatic carbocycles. The molecule has 84 valence electrons. The molecule has 2 heteroatoms. The van der Waals surface area contributed by atoms with E-state index in [1.54, 1.807) is 0 Å². The topological polar surface area (TPSA) is 17.1 Å². The predicted molar refractivity (Wildman–Crippen MR) is 68.6 cm³/mol. The molecule has 1 heterocycles. The Bertz CT molecular complexity index is 477. The van der Waals surface area contributed by atoms with Crippen LogP contribution in [0.3, 0.4) is 0 Å². The van der Waals surface area contributed by atoms with Crippen LogP contribution in [0.25, 0.3) is 0 Å². The molecule has 1 aliphatic heterocycles. The summed E-state index contributed by atoms with van der Waals surface area (Å²) >= 11 is 0. The van der Waals surface area contributed by atoms with Crippen LogP contribution in [0, 0.1) is 5.41 Å². The first-order chi connectivity index (χ1) is 7.65. The van der Waals surface area contributed by atoms with Crippen molar-refractivity contribution in [3.05, 3.63) is 42.2 Å². The molecule has 1 nitrogen and oxygen atoms in total. The molecule has 1 saturated carbocycles. The van der Waals surface area contributed by atoms with Crippen molar-refractivity contribution < 1.29 is 4.57 Å². The van der Waals surface area contributed by atoms with Gasteiger partial charge in [0.25, 0.3) is 0 Å². The summed E-state index contributed by atoms with van der Waals surface area (Å²) in [4.78, 5) is 0. The van der Waals surface area contributed by atoms with Crippen molar-refractivity contribution in [2.24, 2.45) is 5.41 Å². The van der Waals surface area contributed by atoms with E-state index in [1.807, 2.05) is 36.1 Å². The van der Waals surface area contributed by atoms with Gasteiger partial charge in [0.15, 0.2) is 0 Å². The first-order valence-corrected chi connectivity index (χ1v) is 7.85. The summed E-state index contributed by atoms with van der Waals surface area (Å²) in [6.07, 6.45) is 5.77. The van der Waals surface area contributed by atoms with Gasteiger partial charge >= 0.3 is 0 Å². The summed E-state index contributed by atoms with van der Waals surface area (Å²) < 4.78 is 13.1. The summed E-state index contributed by atoms with van der Waals surface area (Å²) in [5.41, 5.74) is 0.563. The van der Waals surface area contributed by atoms with Gasteiger partial charge in [-0.25, -0.2) is 0 Å². The molecule has 1 unspecified atom stereocenters. The molecule has 2 aliphatic rings. The lowest BCUT2D eigenvalue weighted by molar-refractivity contribution is 0.452. The lowest BCUT2D eigenvalue weighted by Crippen LogP contribution is -2.23. The van der Waals surface area contributed by atoms with Crippen LogP contribution in [0.2, 0.25) is 0 Å². The van der Waals surface area contributed by atoms with Crippen LogP contribution in [0.1, 0.15) is 26.2 Å². The molecular weight excluding hydrogens is 215 g/mol. The smallest absolute Gasteiger partial charge is 0.139 e. The Morgan fingerprint density at radius 2 is 2.06 bits per heavy atom. The van der Waals surface area contributed by atoms with E-state index in [-0.39, 0.29) is 5.41 Å². The highest BCUT2D eigenvalue weighted by Gasteiger charge is 2.51. The Labute approximate surface area is 96.9 Å². The number of rotatable bonds is 1. The molecule has 3 atom stereocenters. The third-order valence-electron chi connectivity index (χ3n) is 4.25. The van der Waals surface area contributed by atoms with Crippen molar-refractivity contribution >= 4 is 12.4 Å². The number of benzene rings is 1. The summed E-state index contributed by atoms with van der Waals surface area (Å²) in [7, 11) is -2.27. The van der Waals surface area contributed by atoms with E-state index >= 15 is 0 Å². The minimum Gasteiger partial charge on any atom is -0.314 e. The zero-order valence-electron chi connectivity index (χ0n) is 9.60. The normalized spacial score (nSPS) is 41.2. The average molecular weight is 232 g/mol. The molecule has 0 amide bonds. The zero-order valence-corrected chi connectivity index (χ0v) is 10.5. The first kappa shape index (κ1) is 10.4. The molecule has 1 aliphatic carbocycles. The Kier molecular flexibility index (Phi) is 2.16. The van der Waals surface area contributed by atoms with Crippen LogP contribution in [0.4, 0.5) is 0 Å². The van der Waals surface area contributed by atoms with E-state index in [0.717, 1.165) is 11.7 Å². The second-order valence-electron chi connectivity index (χ2n) is 5.27. The van der Waals surface area contributed by atoms with Gasteiger partial charge in [-0.05, 0) is 24.1 Å². The zero-order chi connectivity index (χ0) is 11.2. The van der Waals surface area contributed by atoms with Gasteiger partial charge in [0.1, 0.15) is 7.14 Å². The van der Waals surface area contributed by atoms with Gasteiger partial charge in [-0.3, -0.25) is 0 Å². The van der Waals surface area contributed by atoms with E-state index in [4.69, 9.17) is 0 Å². The average Bonchev–Trinajstić information content (AvgIpc) is 2.80. The molecule has 16 heavy (non-hydrogen) atoms. The molecular formula is C14H17OP. The summed E-state index contributed by atoms with van der Waals surface area (Å²) in [6.45, 7) is 2.27. The number of hydrogen-bond acceptors (Lipinski definition) is 1. The van der Waals surface area contributed by atoms with Gasteiger partial charge in [0.2, 0.25) is 0 Å². The van der Waals surface area contributed by atoms with Crippen LogP contribution in [-0.4, -0.2) is 5.66 Å². The Morgan fingerprint density at radius 1 is 1.31 bits per heavy atom. The SMILES string of the molecule is C[C@]12C=CP(=O)(c3ccccc3)[C@H]1CCC2. The molecule has 0 bridgehead atoms. The van der Waals surface area contributed by atoms with Crippen molar-refractivity contribution in [3.63, 3.8) is 0 Å². The van der Waals surface area contributed by atoms with Crippen LogP contribution in [0.15, 0.2) is 42.2 Å². The van der Waals surface area contributed by atoms with Crippen molar-refractivity contribution in [3.8, 4) is 0 Å². The third kappa shape index (κ3) is 1.28. The molecule has 1 aromatic rings. The van der Waals surface area contributed by atoms with Gasteiger partial charge in [-0.15, -0.1) is 0 Å². The lowest BCUT2D eigenvalue weighted by Gasteiger charge is -2.27. The third-order valence-corrected chi connectivity index (χ3v) is 7.73. The summed E-state index contributed by atoms with van der Waals surface area (Å²) in [5, 5.41) is 1.04. The van der Waals surface area contributed by atoms with Gasteiger partial charge in [-0.2, -0.15) is 0 Å². The van der Waals surface area contributed by atoms with Gasteiger partial charge in [0, 0.05) is 11.0 Å². The maximum Gasteiger partial charge on any atom is 0.139 e. The van der Waals surface area contributed by atoms with E-state index < -0.39 is 7.14 Å². The monoisotopic (exact) mass is 232 g/mol. The van der Waals surface area contributed by atoms with E-state index in [9.17, 15) is 4.57 Å². The molecule has 0 N–H and O–H groups in total. The highest BCUT2D eigenvalue weighted by atomic mass is 31.2. The molecule has 0 spiro atoms. The van der Waals surface area contributed by atoms with Gasteiger partial charge in [-0.1, -0.05) is 49.8 Å². The highest BCUT2D eigenvalue weighted by Crippen LogP contribution is 2.68. The minimum absolute atomic E-state index is 0.200. The standard InChI is InChI=1S/C14H17OP/c1-14-9-5-8-13(14)16(15,11-10-14)12-6-3-2-4-7-12/h2-4,6-7,10-11,13H,5,8-9H2,1H3/t13-,14-,16?/m0/s1. The molecule has 0 radical (unpaired) electrons. The number of allylic oxidation sites excluding steroid dienone is 1. The van der Waals surface area contributed by atoms with Crippen LogP contribution in [0.5, 0.6) is 0 Å². The summed E-state index contributed by atoms with van der Waals surface area (Å²) in [6, 6.07) is 10.0. The van der Waals surface area contributed by atoms with E-state index in [0.29, 0.717) is 5.66 Å². The van der Waals surface area contributed by atoms with Gasteiger partial charge in [0.05, 0.1) is 0 Å².